The van der Waals surface area contributed by atoms with Gasteiger partial charge in [-0.15, -0.1) is 0 Å². The van der Waals surface area contributed by atoms with Crippen LogP contribution in [0, 0.1) is 5.82 Å². The summed E-state index contributed by atoms with van der Waals surface area (Å²) in [7, 11) is 0. The van der Waals surface area contributed by atoms with Crippen LogP contribution in [0.2, 0.25) is 0 Å². The highest BCUT2D eigenvalue weighted by Crippen LogP contribution is 2.15. The Labute approximate surface area is 113 Å². The highest BCUT2D eigenvalue weighted by atomic mass is 19.1. The predicted octanol–water partition coefficient (Wildman–Crippen LogP) is 1.84. The topological polar surface area (TPSA) is 76.4 Å². The van der Waals surface area contributed by atoms with Gasteiger partial charge in [0.15, 0.2) is 5.78 Å². The zero-order valence-corrected chi connectivity index (χ0v) is 10.2. The summed E-state index contributed by atoms with van der Waals surface area (Å²) in [6.45, 7) is 0. The first-order chi connectivity index (χ1) is 9.49. The molecule has 0 aliphatic rings. The number of benzene rings is 1. The van der Waals surface area contributed by atoms with Gasteiger partial charge in [0, 0.05) is 11.9 Å². The van der Waals surface area contributed by atoms with Crippen molar-refractivity contribution in [3.8, 4) is 5.69 Å². The third-order valence-corrected chi connectivity index (χ3v) is 2.70. The first kappa shape index (κ1) is 13.7. The second-order valence-corrected chi connectivity index (χ2v) is 4.07. The number of halogens is 1. The van der Waals surface area contributed by atoms with Crippen LogP contribution in [-0.4, -0.2) is 27.2 Å². The van der Waals surface area contributed by atoms with E-state index in [1.54, 1.807) is 12.3 Å². The van der Waals surface area contributed by atoms with E-state index in [0.29, 0.717) is 5.69 Å². The largest absolute Gasteiger partial charge is 0.475 e. The summed E-state index contributed by atoms with van der Waals surface area (Å²) in [5.41, 5.74) is 0.716. The van der Waals surface area contributed by atoms with Crippen LogP contribution in [0.1, 0.15) is 16.9 Å². The normalized spacial score (nSPS) is 10.2. The molecular weight excluding hydrogens is 265 g/mol. The van der Waals surface area contributed by atoms with Gasteiger partial charge in [0.05, 0.1) is 12.1 Å². The molecule has 0 saturated heterocycles. The number of aromatic nitrogens is 1. The number of carboxylic acid groups (broad SMARTS) is 1. The first-order valence-corrected chi connectivity index (χ1v) is 5.71. The van der Waals surface area contributed by atoms with Crippen LogP contribution in [0.5, 0.6) is 0 Å². The van der Waals surface area contributed by atoms with Crippen LogP contribution >= 0.6 is 0 Å². The minimum atomic E-state index is -1.64. The monoisotopic (exact) mass is 275 g/mol. The van der Waals surface area contributed by atoms with Crippen molar-refractivity contribution in [3.05, 3.63) is 54.1 Å². The van der Waals surface area contributed by atoms with Crippen LogP contribution < -0.4 is 0 Å². The van der Waals surface area contributed by atoms with E-state index in [9.17, 15) is 18.8 Å². The maximum absolute atomic E-state index is 12.9. The van der Waals surface area contributed by atoms with Crippen molar-refractivity contribution in [1.82, 2.24) is 4.57 Å². The lowest BCUT2D eigenvalue weighted by Gasteiger charge is -2.07. The molecule has 0 aliphatic heterocycles. The van der Waals surface area contributed by atoms with Crippen molar-refractivity contribution < 1.29 is 23.9 Å². The van der Waals surface area contributed by atoms with Gasteiger partial charge in [0.1, 0.15) is 5.82 Å². The highest BCUT2D eigenvalue weighted by molar-refractivity contribution is 6.37. The summed E-state index contributed by atoms with van der Waals surface area (Å²) in [5.74, 6) is -3.82. The number of rotatable bonds is 5. The standard InChI is InChI=1S/C14H10FNO4/c15-9-3-5-10(6-4-9)16-7-1-2-11(16)12(17)8-13(18)14(19)20/h1-7H,8H2,(H,19,20). The number of ketones is 2. The van der Waals surface area contributed by atoms with Crippen molar-refractivity contribution in [2.75, 3.05) is 0 Å². The molecule has 0 unspecified atom stereocenters. The fourth-order valence-electron chi connectivity index (χ4n) is 1.75. The second-order valence-electron chi connectivity index (χ2n) is 4.07. The maximum atomic E-state index is 12.9. The number of carbonyl (C=O) groups is 3. The van der Waals surface area contributed by atoms with E-state index < -0.39 is 29.8 Å². The van der Waals surface area contributed by atoms with Gasteiger partial charge < -0.3 is 9.67 Å². The third-order valence-electron chi connectivity index (χ3n) is 2.70. The number of nitrogens with zero attached hydrogens (tertiary/aromatic N) is 1. The molecule has 0 radical (unpaired) electrons. The van der Waals surface area contributed by atoms with E-state index in [4.69, 9.17) is 5.11 Å². The number of hydrogen-bond acceptors (Lipinski definition) is 3. The Morgan fingerprint density at radius 3 is 2.35 bits per heavy atom. The van der Waals surface area contributed by atoms with Gasteiger partial charge >= 0.3 is 5.97 Å². The van der Waals surface area contributed by atoms with Gasteiger partial charge in [-0.1, -0.05) is 0 Å². The van der Waals surface area contributed by atoms with E-state index in [1.807, 2.05) is 0 Å². The smallest absolute Gasteiger partial charge is 0.372 e. The molecule has 0 amide bonds. The molecule has 102 valence electrons. The molecule has 6 heteroatoms. The lowest BCUT2D eigenvalue weighted by atomic mass is 10.1. The third kappa shape index (κ3) is 2.80. The zero-order chi connectivity index (χ0) is 14.7. The van der Waals surface area contributed by atoms with Gasteiger partial charge in [-0.2, -0.15) is 0 Å². The Balaban J connectivity index is 2.29. The summed E-state index contributed by atoms with van der Waals surface area (Å²) >= 11 is 0. The van der Waals surface area contributed by atoms with E-state index in [0.717, 1.165) is 0 Å². The number of hydrogen-bond donors (Lipinski definition) is 1. The highest BCUT2D eigenvalue weighted by Gasteiger charge is 2.20. The Morgan fingerprint density at radius 1 is 1.10 bits per heavy atom. The Kier molecular flexibility index (Phi) is 3.74. The Hall–Kier alpha value is -2.76. The molecule has 1 heterocycles. The van der Waals surface area contributed by atoms with Crippen LogP contribution in [0.4, 0.5) is 4.39 Å². The van der Waals surface area contributed by atoms with Crippen LogP contribution in [0.25, 0.3) is 5.69 Å². The number of carboxylic acids is 1. The lowest BCUT2D eigenvalue weighted by Crippen LogP contribution is -2.18. The molecule has 0 saturated carbocycles. The van der Waals surface area contributed by atoms with E-state index in [1.165, 1.54) is 34.9 Å². The van der Waals surface area contributed by atoms with Gasteiger partial charge in [0.25, 0.3) is 0 Å². The van der Waals surface area contributed by atoms with Crippen LogP contribution in [0.3, 0.4) is 0 Å². The quantitative estimate of drug-likeness (QED) is 0.513. The molecular formula is C14H10FNO4. The fourth-order valence-corrected chi connectivity index (χ4v) is 1.75. The molecule has 1 aromatic carbocycles. The number of Topliss-reactive ketones (excluding diaryl/α,β-unsaturated/α-hetero) is 2. The number of carbonyl (C=O) groups excluding carboxylic acids is 2. The molecule has 5 nitrogen and oxygen atoms in total. The summed E-state index contributed by atoms with van der Waals surface area (Å²) in [4.78, 5) is 33.4. The van der Waals surface area contributed by atoms with Crippen molar-refractivity contribution in [2.45, 2.75) is 6.42 Å². The SMILES string of the molecule is O=C(O)C(=O)CC(=O)c1cccn1-c1ccc(F)cc1. The van der Waals surface area contributed by atoms with E-state index in [-0.39, 0.29) is 5.69 Å². The van der Waals surface area contributed by atoms with Crippen molar-refractivity contribution in [3.63, 3.8) is 0 Å². The first-order valence-electron chi connectivity index (χ1n) is 5.71. The molecule has 0 bridgehead atoms. The molecule has 0 aliphatic carbocycles. The van der Waals surface area contributed by atoms with Gasteiger partial charge in [-0.3, -0.25) is 9.59 Å². The lowest BCUT2D eigenvalue weighted by molar-refractivity contribution is -0.148. The van der Waals surface area contributed by atoms with E-state index in [2.05, 4.69) is 0 Å². The summed E-state index contributed by atoms with van der Waals surface area (Å²) in [6.07, 6.45) is 0.867. The molecule has 20 heavy (non-hydrogen) atoms. The fraction of sp³-hybridized carbons (Fsp3) is 0.0714. The molecule has 0 atom stereocenters. The minimum Gasteiger partial charge on any atom is -0.475 e. The van der Waals surface area contributed by atoms with Gasteiger partial charge in [-0.05, 0) is 36.4 Å². The average molecular weight is 275 g/mol. The van der Waals surface area contributed by atoms with Crippen molar-refractivity contribution in [2.24, 2.45) is 0 Å². The minimum absolute atomic E-state index is 0.172. The summed E-state index contributed by atoms with van der Waals surface area (Å²) in [6, 6.07) is 8.50. The summed E-state index contributed by atoms with van der Waals surface area (Å²) < 4.78 is 14.3. The molecule has 0 fully saturated rings. The molecule has 1 aromatic heterocycles. The molecule has 2 rings (SSSR count). The molecule has 0 spiro atoms. The van der Waals surface area contributed by atoms with Crippen molar-refractivity contribution >= 4 is 17.5 Å². The summed E-state index contributed by atoms with van der Waals surface area (Å²) in [5, 5.41) is 8.50. The predicted molar refractivity (Wildman–Crippen MR) is 67.3 cm³/mol. The van der Waals surface area contributed by atoms with Crippen molar-refractivity contribution in [1.29, 1.82) is 0 Å². The van der Waals surface area contributed by atoms with Crippen LogP contribution in [-0.2, 0) is 9.59 Å². The molecule has 2 aromatic rings. The Bertz CT molecular complexity index is 673. The Morgan fingerprint density at radius 2 is 1.75 bits per heavy atom. The van der Waals surface area contributed by atoms with Crippen LogP contribution in [0.15, 0.2) is 42.6 Å². The zero-order valence-electron chi connectivity index (χ0n) is 10.2. The molecule has 1 N–H and O–H groups in total. The van der Waals surface area contributed by atoms with Gasteiger partial charge in [-0.25, -0.2) is 9.18 Å². The van der Waals surface area contributed by atoms with E-state index >= 15 is 0 Å². The second kappa shape index (κ2) is 5.48. The average Bonchev–Trinajstić information content (AvgIpc) is 2.88. The van der Waals surface area contributed by atoms with Gasteiger partial charge in [0.2, 0.25) is 5.78 Å². The number of aliphatic carboxylic acids is 1. The maximum Gasteiger partial charge on any atom is 0.372 e.